The molecule has 0 atom stereocenters. The largest absolute Gasteiger partial charge is 0.493 e. The second-order valence-corrected chi connectivity index (χ2v) is 9.54. The van der Waals surface area contributed by atoms with Gasteiger partial charge < -0.3 is 19.7 Å². The summed E-state index contributed by atoms with van der Waals surface area (Å²) in [5.74, 6) is 1.57. The number of benzene rings is 3. The third kappa shape index (κ3) is 6.79. The molecular formula is C31H32N6O4. The highest BCUT2D eigenvalue weighted by Gasteiger charge is 2.22. The molecule has 0 radical (unpaired) electrons. The summed E-state index contributed by atoms with van der Waals surface area (Å²) in [7, 11) is 3.13. The zero-order valence-electron chi connectivity index (χ0n) is 23.0. The van der Waals surface area contributed by atoms with Crippen LogP contribution in [0.1, 0.15) is 15.9 Å². The van der Waals surface area contributed by atoms with Crippen molar-refractivity contribution in [1.29, 1.82) is 0 Å². The van der Waals surface area contributed by atoms with E-state index in [-0.39, 0.29) is 18.4 Å². The molecule has 10 heteroatoms. The van der Waals surface area contributed by atoms with Gasteiger partial charge in [0.25, 0.3) is 5.91 Å². The van der Waals surface area contributed by atoms with E-state index in [1.165, 1.54) is 0 Å². The van der Waals surface area contributed by atoms with Gasteiger partial charge in [-0.3, -0.25) is 14.5 Å². The van der Waals surface area contributed by atoms with Crippen molar-refractivity contribution in [3.05, 3.63) is 90.0 Å². The molecule has 0 saturated carbocycles. The van der Waals surface area contributed by atoms with Crippen molar-refractivity contribution in [2.24, 2.45) is 5.10 Å². The molecule has 3 aromatic carbocycles. The summed E-state index contributed by atoms with van der Waals surface area (Å²) < 4.78 is 10.6. The molecule has 4 aromatic rings. The van der Waals surface area contributed by atoms with Crippen molar-refractivity contribution in [1.82, 2.24) is 15.3 Å². The Morgan fingerprint density at radius 3 is 2.39 bits per heavy atom. The Hall–Kier alpha value is -4.96. The van der Waals surface area contributed by atoms with E-state index in [4.69, 9.17) is 14.5 Å². The van der Waals surface area contributed by atoms with Gasteiger partial charge in [0.1, 0.15) is 5.82 Å². The number of rotatable bonds is 9. The van der Waals surface area contributed by atoms with Crippen molar-refractivity contribution < 1.29 is 19.1 Å². The van der Waals surface area contributed by atoms with Crippen molar-refractivity contribution in [2.45, 2.75) is 0 Å². The summed E-state index contributed by atoms with van der Waals surface area (Å²) in [5, 5.41) is 8.15. The average molecular weight is 553 g/mol. The summed E-state index contributed by atoms with van der Waals surface area (Å²) in [6.07, 6.45) is 1.64. The Morgan fingerprint density at radius 1 is 0.902 bits per heavy atom. The predicted molar refractivity (Wildman–Crippen MR) is 160 cm³/mol. The number of aromatic nitrogens is 1. The molecule has 0 spiro atoms. The number of ether oxygens (including phenoxy) is 2. The predicted octanol–water partition coefficient (Wildman–Crippen LogP) is 3.78. The SMILES string of the molecule is COc1ccc(NC(=O)CN2CCN(c3nc4ccccc4cc3/C=N/NC(=O)c3ccccc3)CC2)cc1OC. The number of hydrogen-bond donors (Lipinski definition) is 2. The second-order valence-electron chi connectivity index (χ2n) is 9.54. The van der Waals surface area contributed by atoms with Gasteiger partial charge >= 0.3 is 0 Å². The lowest BCUT2D eigenvalue weighted by Gasteiger charge is -2.35. The van der Waals surface area contributed by atoms with Crippen molar-refractivity contribution >= 4 is 40.4 Å². The van der Waals surface area contributed by atoms with E-state index in [1.54, 1.807) is 50.8 Å². The summed E-state index contributed by atoms with van der Waals surface area (Å²) >= 11 is 0. The Kier molecular flexibility index (Phi) is 8.70. The van der Waals surface area contributed by atoms with Gasteiger partial charge in [0, 0.05) is 54.4 Å². The average Bonchev–Trinajstić information content (AvgIpc) is 3.01. The number of carbonyl (C=O) groups excluding carboxylic acids is 2. The zero-order chi connectivity index (χ0) is 28.6. The number of fused-ring (bicyclic) bond motifs is 1. The molecule has 1 aliphatic rings. The molecule has 0 aliphatic carbocycles. The first kappa shape index (κ1) is 27.6. The zero-order valence-corrected chi connectivity index (χ0v) is 23.0. The van der Waals surface area contributed by atoms with Crippen LogP contribution in [-0.2, 0) is 4.79 Å². The summed E-state index contributed by atoms with van der Waals surface area (Å²) in [6.45, 7) is 3.02. The number of piperazine rings is 1. The van der Waals surface area contributed by atoms with Gasteiger partial charge in [0.05, 0.1) is 32.5 Å². The van der Waals surface area contributed by atoms with E-state index >= 15 is 0 Å². The first-order chi connectivity index (χ1) is 20.0. The number of para-hydroxylation sites is 1. The van der Waals surface area contributed by atoms with E-state index in [9.17, 15) is 9.59 Å². The number of nitrogens with one attached hydrogen (secondary N) is 2. The molecular weight excluding hydrogens is 520 g/mol. The highest BCUT2D eigenvalue weighted by Crippen LogP contribution is 2.30. The van der Waals surface area contributed by atoms with Crippen molar-refractivity contribution in [3.8, 4) is 11.5 Å². The van der Waals surface area contributed by atoms with E-state index in [1.807, 2.05) is 48.5 Å². The van der Waals surface area contributed by atoms with E-state index in [0.717, 1.165) is 22.3 Å². The number of hydrogen-bond acceptors (Lipinski definition) is 8. The van der Waals surface area contributed by atoms with Gasteiger partial charge in [-0.25, -0.2) is 10.4 Å². The fraction of sp³-hybridized carbons (Fsp3) is 0.226. The van der Waals surface area contributed by atoms with Crippen LogP contribution in [-0.4, -0.2) is 74.9 Å². The topological polar surface area (TPSA) is 108 Å². The van der Waals surface area contributed by atoms with Crippen LogP contribution in [0, 0.1) is 0 Å². The fourth-order valence-corrected chi connectivity index (χ4v) is 4.72. The first-order valence-electron chi connectivity index (χ1n) is 13.3. The minimum absolute atomic E-state index is 0.100. The fourth-order valence-electron chi connectivity index (χ4n) is 4.72. The molecule has 2 amide bonds. The standard InChI is InChI=1S/C31H32N6O4/c1-40-27-13-12-25(19-28(27)41-2)33-29(38)21-36-14-16-37(17-15-36)30-24(18-23-10-6-7-11-26(23)34-30)20-32-35-31(39)22-8-4-3-5-9-22/h3-13,18-20H,14-17,21H2,1-2H3,(H,33,38)(H,35,39)/b32-20+. The van der Waals surface area contributed by atoms with Crippen LogP contribution in [0.2, 0.25) is 0 Å². The third-order valence-electron chi connectivity index (χ3n) is 6.84. The smallest absolute Gasteiger partial charge is 0.271 e. The van der Waals surface area contributed by atoms with Gasteiger partial charge in [-0.15, -0.1) is 0 Å². The molecule has 1 aromatic heterocycles. The molecule has 1 saturated heterocycles. The highest BCUT2D eigenvalue weighted by molar-refractivity contribution is 5.97. The van der Waals surface area contributed by atoms with Crippen molar-refractivity contribution in [2.75, 3.05) is 57.2 Å². The number of amides is 2. The minimum Gasteiger partial charge on any atom is -0.493 e. The Bertz CT molecular complexity index is 1550. The first-order valence-corrected chi connectivity index (χ1v) is 13.3. The number of hydrazone groups is 1. The lowest BCUT2D eigenvalue weighted by molar-refractivity contribution is -0.117. The van der Waals surface area contributed by atoms with Crippen LogP contribution in [0.5, 0.6) is 11.5 Å². The summed E-state index contributed by atoms with van der Waals surface area (Å²) in [6, 6.07) is 24.2. The highest BCUT2D eigenvalue weighted by atomic mass is 16.5. The molecule has 210 valence electrons. The molecule has 1 fully saturated rings. The van der Waals surface area contributed by atoms with Crippen LogP contribution in [0.25, 0.3) is 10.9 Å². The van der Waals surface area contributed by atoms with Crippen LogP contribution >= 0.6 is 0 Å². The molecule has 10 nitrogen and oxygen atoms in total. The maximum Gasteiger partial charge on any atom is 0.271 e. The summed E-state index contributed by atoms with van der Waals surface area (Å²) in [5.41, 5.74) is 5.47. The lowest BCUT2D eigenvalue weighted by atomic mass is 10.1. The Labute approximate surface area is 238 Å². The number of methoxy groups -OCH3 is 2. The van der Waals surface area contributed by atoms with E-state index in [0.29, 0.717) is 48.9 Å². The maximum atomic E-state index is 12.8. The number of anilines is 2. The Morgan fingerprint density at radius 2 is 1.63 bits per heavy atom. The van der Waals surface area contributed by atoms with Gasteiger partial charge in [-0.05, 0) is 36.4 Å². The second kappa shape index (κ2) is 12.9. The third-order valence-corrected chi connectivity index (χ3v) is 6.84. The van der Waals surface area contributed by atoms with Crippen molar-refractivity contribution in [3.63, 3.8) is 0 Å². The minimum atomic E-state index is -0.280. The molecule has 0 bridgehead atoms. The molecule has 0 unspecified atom stereocenters. The van der Waals surface area contributed by atoms with E-state index < -0.39 is 0 Å². The maximum absolute atomic E-state index is 12.8. The number of nitrogens with zero attached hydrogens (tertiary/aromatic N) is 4. The quantitative estimate of drug-likeness (QED) is 0.240. The van der Waals surface area contributed by atoms with Gasteiger partial charge in [0.2, 0.25) is 5.91 Å². The van der Waals surface area contributed by atoms with Crippen LogP contribution in [0.15, 0.2) is 84.0 Å². The molecule has 1 aliphatic heterocycles. The van der Waals surface area contributed by atoms with Gasteiger partial charge in [-0.1, -0.05) is 36.4 Å². The molecule has 41 heavy (non-hydrogen) atoms. The van der Waals surface area contributed by atoms with Crippen LogP contribution < -0.4 is 25.1 Å². The molecule has 2 N–H and O–H groups in total. The monoisotopic (exact) mass is 552 g/mol. The molecule has 2 heterocycles. The number of pyridine rings is 1. The van der Waals surface area contributed by atoms with Crippen LogP contribution in [0.4, 0.5) is 11.5 Å². The van der Waals surface area contributed by atoms with Crippen LogP contribution in [0.3, 0.4) is 0 Å². The van der Waals surface area contributed by atoms with Gasteiger partial charge in [0.15, 0.2) is 11.5 Å². The lowest BCUT2D eigenvalue weighted by Crippen LogP contribution is -2.49. The number of carbonyl (C=O) groups is 2. The molecule has 5 rings (SSSR count). The van der Waals surface area contributed by atoms with Gasteiger partial charge in [-0.2, -0.15) is 5.10 Å². The summed E-state index contributed by atoms with van der Waals surface area (Å²) in [4.78, 5) is 34.4. The van der Waals surface area contributed by atoms with E-state index in [2.05, 4.69) is 25.6 Å². The normalized spacial score (nSPS) is 13.8. The Balaban J connectivity index is 1.24.